The van der Waals surface area contributed by atoms with E-state index in [-0.39, 0.29) is 11.3 Å². The van der Waals surface area contributed by atoms with Crippen molar-refractivity contribution in [1.82, 2.24) is 4.72 Å². The van der Waals surface area contributed by atoms with Gasteiger partial charge in [-0.25, -0.2) is 21.9 Å². The Kier molecular flexibility index (Phi) is 5.15. The first kappa shape index (κ1) is 16.5. The Hall–Kier alpha value is -1.58. The number of carbonyl (C=O) groups is 1. The van der Waals surface area contributed by atoms with Crippen molar-refractivity contribution in [2.24, 2.45) is 0 Å². The molecule has 0 unspecified atom stereocenters. The summed E-state index contributed by atoms with van der Waals surface area (Å²) >= 11 is 0. The second kappa shape index (κ2) is 6.25. The summed E-state index contributed by atoms with van der Waals surface area (Å²) in [4.78, 5) is 10.2. The molecular formula is C11H13F2NO5S. The monoisotopic (exact) mass is 309 g/mol. The lowest BCUT2D eigenvalue weighted by Gasteiger charge is -2.14. The van der Waals surface area contributed by atoms with Crippen LogP contribution in [0.3, 0.4) is 0 Å². The predicted octanol–water partition coefficient (Wildman–Crippen LogP) is 0.220. The molecule has 3 N–H and O–H groups in total. The Bertz CT molecular complexity index is 571. The molecule has 0 heterocycles. The van der Waals surface area contributed by atoms with E-state index < -0.39 is 35.1 Å². The van der Waals surface area contributed by atoms with Crippen molar-refractivity contribution < 1.29 is 32.2 Å². The van der Waals surface area contributed by atoms with Gasteiger partial charge in [-0.05, 0) is 17.7 Å². The van der Waals surface area contributed by atoms with Crippen LogP contribution in [-0.2, 0) is 21.2 Å². The molecule has 20 heavy (non-hydrogen) atoms. The normalized spacial score (nSPS) is 12.3. The smallest absolute Gasteiger partial charge is 0.307 e. The third kappa shape index (κ3) is 4.83. The molecule has 0 spiro atoms. The topological polar surface area (TPSA) is 104 Å². The third-order valence-electron chi connectivity index (χ3n) is 2.34. The zero-order chi connectivity index (χ0) is 15.4. The van der Waals surface area contributed by atoms with E-state index in [0.29, 0.717) is 5.56 Å². The van der Waals surface area contributed by atoms with Crippen molar-refractivity contribution in [3.05, 3.63) is 29.8 Å². The summed E-state index contributed by atoms with van der Waals surface area (Å²) in [6, 6.07) is 4.81. The Balaban J connectivity index is 2.80. The van der Waals surface area contributed by atoms with Crippen LogP contribution >= 0.6 is 0 Å². The number of halogens is 2. The van der Waals surface area contributed by atoms with Crippen LogP contribution in [0, 0.1) is 0 Å². The van der Waals surface area contributed by atoms with Gasteiger partial charge < -0.3 is 10.2 Å². The molecule has 112 valence electrons. The fraction of sp³-hybridized carbons (Fsp3) is 0.364. The first-order valence-corrected chi connectivity index (χ1v) is 6.94. The quantitative estimate of drug-likeness (QED) is 0.668. The van der Waals surface area contributed by atoms with E-state index in [9.17, 15) is 22.0 Å². The standard InChI is InChI=1S/C11H13F2NO5S/c12-11(13,7-15)6-14-20(18,19)9-3-1-8(2-4-9)5-10(16)17/h1-4,14-15H,5-7H2,(H,16,17). The number of hydrogen-bond acceptors (Lipinski definition) is 4. The van der Waals surface area contributed by atoms with E-state index >= 15 is 0 Å². The van der Waals surface area contributed by atoms with Crippen LogP contribution in [0.5, 0.6) is 0 Å². The largest absolute Gasteiger partial charge is 0.481 e. The maximum Gasteiger partial charge on any atom is 0.307 e. The summed E-state index contributed by atoms with van der Waals surface area (Å²) < 4.78 is 50.6. The maximum absolute atomic E-state index is 12.8. The molecule has 0 saturated heterocycles. The average molecular weight is 309 g/mol. The van der Waals surface area contributed by atoms with E-state index in [2.05, 4.69) is 0 Å². The van der Waals surface area contributed by atoms with Crippen molar-refractivity contribution in [3.8, 4) is 0 Å². The van der Waals surface area contributed by atoms with Crippen LogP contribution in [0.15, 0.2) is 29.2 Å². The Morgan fingerprint density at radius 2 is 1.80 bits per heavy atom. The molecular weight excluding hydrogens is 296 g/mol. The number of alkyl halides is 2. The average Bonchev–Trinajstić information content (AvgIpc) is 2.37. The second-order valence-electron chi connectivity index (χ2n) is 4.05. The number of aliphatic carboxylic acids is 1. The van der Waals surface area contributed by atoms with Crippen molar-refractivity contribution in [1.29, 1.82) is 0 Å². The van der Waals surface area contributed by atoms with E-state index in [1.54, 1.807) is 4.72 Å². The predicted molar refractivity (Wildman–Crippen MR) is 65.0 cm³/mol. The number of aliphatic hydroxyl groups is 1. The number of benzene rings is 1. The summed E-state index contributed by atoms with van der Waals surface area (Å²) in [6.07, 6.45) is -0.268. The van der Waals surface area contributed by atoms with E-state index in [1.807, 2.05) is 0 Å². The lowest BCUT2D eigenvalue weighted by Crippen LogP contribution is -2.38. The first-order chi connectivity index (χ1) is 9.16. The molecule has 0 aliphatic rings. The fourth-order valence-electron chi connectivity index (χ4n) is 1.30. The molecule has 9 heteroatoms. The van der Waals surface area contributed by atoms with Crippen LogP contribution in [-0.4, -0.2) is 43.7 Å². The van der Waals surface area contributed by atoms with Gasteiger partial charge >= 0.3 is 5.97 Å². The zero-order valence-corrected chi connectivity index (χ0v) is 11.0. The van der Waals surface area contributed by atoms with Crippen molar-refractivity contribution >= 4 is 16.0 Å². The molecule has 0 radical (unpaired) electrons. The number of nitrogens with one attached hydrogen (secondary N) is 1. The number of carboxylic acid groups (broad SMARTS) is 1. The highest BCUT2D eigenvalue weighted by Gasteiger charge is 2.30. The van der Waals surface area contributed by atoms with Crippen molar-refractivity contribution in [2.45, 2.75) is 17.2 Å². The molecule has 0 aliphatic heterocycles. The summed E-state index contributed by atoms with van der Waals surface area (Å²) in [5.41, 5.74) is 0.386. The van der Waals surface area contributed by atoms with Crippen LogP contribution in [0.25, 0.3) is 0 Å². The number of sulfonamides is 1. The van der Waals surface area contributed by atoms with Gasteiger partial charge in [0.2, 0.25) is 10.0 Å². The Labute approximate surface area is 114 Å². The maximum atomic E-state index is 12.8. The van der Waals surface area contributed by atoms with Crippen LogP contribution in [0.2, 0.25) is 0 Å². The van der Waals surface area contributed by atoms with E-state index in [0.717, 1.165) is 12.1 Å². The first-order valence-electron chi connectivity index (χ1n) is 5.45. The van der Waals surface area contributed by atoms with Crippen molar-refractivity contribution in [3.63, 3.8) is 0 Å². The number of aliphatic hydroxyl groups excluding tert-OH is 1. The SMILES string of the molecule is O=C(O)Cc1ccc(S(=O)(=O)NCC(F)(F)CO)cc1. The summed E-state index contributed by atoms with van der Waals surface area (Å²) in [5, 5.41) is 16.9. The molecule has 6 nitrogen and oxygen atoms in total. The molecule has 0 amide bonds. The highest BCUT2D eigenvalue weighted by atomic mass is 32.2. The zero-order valence-electron chi connectivity index (χ0n) is 10.2. The molecule has 0 bridgehead atoms. The van der Waals surface area contributed by atoms with Crippen LogP contribution < -0.4 is 4.72 Å². The lowest BCUT2D eigenvalue weighted by molar-refractivity contribution is -0.136. The molecule has 0 saturated carbocycles. The third-order valence-corrected chi connectivity index (χ3v) is 3.76. The lowest BCUT2D eigenvalue weighted by atomic mass is 10.2. The highest BCUT2D eigenvalue weighted by molar-refractivity contribution is 7.89. The molecule has 0 aromatic heterocycles. The number of rotatable bonds is 7. The van der Waals surface area contributed by atoms with Crippen molar-refractivity contribution in [2.75, 3.05) is 13.2 Å². The molecule has 0 aliphatic carbocycles. The van der Waals surface area contributed by atoms with Gasteiger partial charge in [0.15, 0.2) is 0 Å². The van der Waals surface area contributed by atoms with Gasteiger partial charge in [-0.1, -0.05) is 12.1 Å². The van der Waals surface area contributed by atoms with Crippen LogP contribution in [0.1, 0.15) is 5.56 Å². The minimum absolute atomic E-state index is 0.264. The minimum atomic E-state index is -4.14. The minimum Gasteiger partial charge on any atom is -0.481 e. The molecule has 0 fully saturated rings. The Morgan fingerprint density at radius 3 is 2.25 bits per heavy atom. The molecule has 1 rings (SSSR count). The number of hydrogen-bond donors (Lipinski definition) is 3. The van der Waals surface area contributed by atoms with E-state index in [4.69, 9.17) is 10.2 Å². The van der Waals surface area contributed by atoms with Gasteiger partial charge in [-0.15, -0.1) is 0 Å². The van der Waals surface area contributed by atoms with Gasteiger partial charge in [0.05, 0.1) is 17.9 Å². The molecule has 0 atom stereocenters. The highest BCUT2D eigenvalue weighted by Crippen LogP contribution is 2.14. The fourth-order valence-corrected chi connectivity index (χ4v) is 2.36. The van der Waals surface area contributed by atoms with Gasteiger partial charge in [0, 0.05) is 0 Å². The molecule has 1 aromatic rings. The van der Waals surface area contributed by atoms with E-state index in [1.165, 1.54) is 12.1 Å². The summed E-state index contributed by atoms with van der Waals surface area (Å²) in [7, 11) is -4.14. The van der Waals surface area contributed by atoms with Gasteiger partial charge in [-0.3, -0.25) is 4.79 Å². The summed E-state index contributed by atoms with van der Waals surface area (Å²) in [6.45, 7) is -2.68. The van der Waals surface area contributed by atoms with Gasteiger partial charge in [-0.2, -0.15) is 0 Å². The van der Waals surface area contributed by atoms with Gasteiger partial charge in [0.1, 0.15) is 6.61 Å². The van der Waals surface area contributed by atoms with Gasteiger partial charge in [0.25, 0.3) is 5.92 Å². The number of carboxylic acids is 1. The molecule has 1 aromatic carbocycles. The summed E-state index contributed by atoms with van der Waals surface area (Å²) in [5.74, 6) is -4.61. The second-order valence-corrected chi connectivity index (χ2v) is 5.82. The Morgan fingerprint density at radius 1 is 1.25 bits per heavy atom. The van der Waals surface area contributed by atoms with Crippen LogP contribution in [0.4, 0.5) is 8.78 Å².